The highest BCUT2D eigenvalue weighted by atomic mass is 32.2. The van der Waals surface area contributed by atoms with E-state index in [2.05, 4.69) is 102 Å². The molecule has 0 bridgehead atoms. The van der Waals surface area contributed by atoms with Crippen molar-refractivity contribution < 1.29 is 24.2 Å². The van der Waals surface area contributed by atoms with E-state index in [4.69, 9.17) is 9.47 Å². The van der Waals surface area contributed by atoms with Gasteiger partial charge in [-0.1, -0.05) is 54.6 Å². The minimum Gasteiger partial charge on any atom is -0.455 e. The number of aromatic amines is 1. The third-order valence-corrected chi connectivity index (χ3v) is 13.1. The third-order valence-electron chi connectivity index (χ3n) is 12.1. The zero-order valence-electron chi connectivity index (χ0n) is 33.1. The van der Waals surface area contributed by atoms with Crippen LogP contribution >= 0.6 is 0 Å². The highest BCUT2D eigenvalue weighted by Gasteiger charge is 2.31. The Kier molecular flexibility index (Phi) is 11.6. The minimum atomic E-state index is -1.83. The molecule has 4 aromatic carbocycles. The lowest BCUT2D eigenvalue weighted by Crippen LogP contribution is -2.41. The average molecular weight is 809 g/mol. The van der Waals surface area contributed by atoms with Gasteiger partial charge in [0.2, 0.25) is 0 Å². The van der Waals surface area contributed by atoms with Crippen molar-refractivity contribution in [1.82, 2.24) is 19.6 Å². The van der Waals surface area contributed by atoms with Crippen molar-refractivity contribution in [2.45, 2.75) is 49.6 Å². The van der Waals surface area contributed by atoms with Crippen LogP contribution in [0.4, 0.5) is 17.1 Å². The second kappa shape index (κ2) is 17.6. The van der Waals surface area contributed by atoms with E-state index >= 15 is 0 Å². The van der Waals surface area contributed by atoms with Crippen molar-refractivity contribution in [2.75, 3.05) is 49.6 Å². The Bertz CT molecular complexity index is 2430. The summed E-state index contributed by atoms with van der Waals surface area (Å²) in [5, 5.41) is 4.20. The summed E-state index contributed by atoms with van der Waals surface area (Å²) in [6.45, 7) is 6.17. The predicted molar refractivity (Wildman–Crippen MR) is 230 cm³/mol. The first kappa shape index (κ1) is 38.8. The number of H-pyrrole nitrogens is 1. The van der Waals surface area contributed by atoms with Crippen LogP contribution in [-0.2, 0) is 28.7 Å². The van der Waals surface area contributed by atoms with Crippen molar-refractivity contribution in [2.24, 2.45) is 11.8 Å². The summed E-state index contributed by atoms with van der Waals surface area (Å²) >= 11 is 0. The maximum atomic E-state index is 13.9. The molecule has 6 aromatic rings. The van der Waals surface area contributed by atoms with E-state index in [1.165, 1.54) is 16.7 Å². The average Bonchev–Trinajstić information content (AvgIpc) is 3.75. The molecular formula is C47H50N7O4S+. The van der Waals surface area contributed by atoms with Gasteiger partial charge in [-0.15, -0.1) is 0 Å². The van der Waals surface area contributed by atoms with Gasteiger partial charge in [0.1, 0.15) is 11.5 Å². The van der Waals surface area contributed by atoms with Gasteiger partial charge >= 0.3 is 0 Å². The minimum absolute atomic E-state index is 0.267. The Morgan fingerprint density at radius 3 is 2.54 bits per heavy atom. The second-order valence-electron chi connectivity index (χ2n) is 15.9. The number of carbonyl (C=O) groups excluding carboxylic acids is 1. The first-order valence-corrected chi connectivity index (χ1v) is 21.8. The molecule has 11 nitrogen and oxygen atoms in total. The van der Waals surface area contributed by atoms with Crippen LogP contribution in [0.5, 0.6) is 11.5 Å². The third kappa shape index (κ3) is 8.99. The molecule has 6 N–H and O–H groups in total. The molecule has 2 atom stereocenters. The summed E-state index contributed by atoms with van der Waals surface area (Å²) in [5.74, 6) is 1.39. The molecule has 0 radical (unpaired) electrons. The van der Waals surface area contributed by atoms with Gasteiger partial charge in [-0.05, 0) is 91.0 Å². The first-order valence-electron chi connectivity index (χ1n) is 20.6. The van der Waals surface area contributed by atoms with Crippen LogP contribution in [0.3, 0.4) is 0 Å². The number of nitrogens with zero attached hydrogens (tertiary/aromatic N) is 3. The standard InChI is InChI=1S/C47H49N7O4S/c48-42-27-40(11-13-43(42)50-28-32-17-22-57-23-18-32)59(56)52-47(55)41-12-10-38(26-45(41)58-39-24-36-14-19-49-46(36)51-29-39)53-20-15-33(16-21-53)30-54-31-37-9-5-4-8-35(37)25-44(54)34-6-2-1-3-7-34/h1-13,24,26-27,29,32-33,44,50H,15-18,20-23,25,28,30-31,48H2,(H,49,51)(H,52,55)/p+1. The summed E-state index contributed by atoms with van der Waals surface area (Å²) in [7, 11) is -1.83. The largest absolute Gasteiger partial charge is 0.455 e. The van der Waals surface area contributed by atoms with Crippen molar-refractivity contribution in [3.63, 3.8) is 0 Å². The van der Waals surface area contributed by atoms with Gasteiger partial charge in [0.15, 0.2) is 22.3 Å². The smallest absolute Gasteiger partial charge is 0.266 e. The summed E-state index contributed by atoms with van der Waals surface area (Å²) < 4.78 is 28.2. The molecule has 59 heavy (non-hydrogen) atoms. The summed E-state index contributed by atoms with van der Waals surface area (Å²) in [6.07, 6.45) is 9.62. The van der Waals surface area contributed by atoms with Gasteiger partial charge in [0.25, 0.3) is 5.91 Å². The van der Waals surface area contributed by atoms with Crippen molar-refractivity contribution in [1.29, 1.82) is 0 Å². The van der Waals surface area contributed by atoms with Crippen LogP contribution < -0.4 is 25.4 Å². The normalized spacial score (nSPS) is 18.2. The van der Waals surface area contributed by atoms with E-state index < -0.39 is 16.9 Å². The number of ether oxygens (including phenoxy) is 2. The fourth-order valence-electron chi connectivity index (χ4n) is 8.70. The number of carbonyl (C=O) groups is 1. The van der Waals surface area contributed by atoms with Crippen LogP contribution in [0.25, 0.3) is 11.0 Å². The fourth-order valence-corrected chi connectivity index (χ4v) is 9.54. The molecule has 12 heteroatoms. The molecule has 3 aliphatic rings. The number of hydrogen-bond acceptors (Lipinski definition) is 8. The Balaban J connectivity index is 0.891. The fraction of sp³-hybridized carbons (Fsp3) is 0.319. The van der Waals surface area contributed by atoms with Gasteiger partial charge in [0, 0.05) is 82.1 Å². The zero-order valence-corrected chi connectivity index (χ0v) is 33.9. The monoisotopic (exact) mass is 808 g/mol. The van der Waals surface area contributed by atoms with Gasteiger partial charge in [0.05, 0.1) is 27.7 Å². The number of benzene rings is 4. The Labute approximate surface area is 347 Å². The van der Waals surface area contributed by atoms with Crippen LogP contribution in [0.15, 0.2) is 108 Å². The molecule has 0 aliphatic carbocycles. The SMILES string of the molecule is [NH3+]c1cc(S(=O)NC(=O)c2ccc(N3CCC(CN4Cc5ccccc5CC4c4ccccc4)CC3)cc2Oc2cnc3[nH]c#cc3c2)ccc1NCC1CCOCC1. The molecule has 0 spiro atoms. The number of pyridine rings is 1. The number of piperidine rings is 1. The van der Waals surface area contributed by atoms with Gasteiger partial charge in [-0.25, -0.2) is 9.19 Å². The van der Waals surface area contributed by atoms with Gasteiger partial charge < -0.3 is 25.4 Å². The lowest BCUT2D eigenvalue weighted by atomic mass is 9.87. The Hall–Kier alpha value is -5.71. The molecule has 0 saturated carbocycles. The lowest BCUT2D eigenvalue weighted by molar-refractivity contribution is -0.253. The van der Waals surface area contributed by atoms with Gasteiger partial charge in [-0.3, -0.25) is 19.4 Å². The number of nitrogens with one attached hydrogen (secondary N) is 3. The van der Waals surface area contributed by atoms with Crippen LogP contribution in [0.1, 0.15) is 58.8 Å². The topological polar surface area (TPSA) is 139 Å². The number of amides is 1. The molecular weight excluding hydrogens is 759 g/mol. The molecule has 2 saturated heterocycles. The van der Waals surface area contributed by atoms with Crippen molar-refractivity contribution in [3.05, 3.63) is 138 Å². The summed E-state index contributed by atoms with van der Waals surface area (Å²) in [6, 6.07) is 36.0. The number of fused-ring (bicyclic) bond motifs is 2. The molecule has 3 aliphatic heterocycles. The second-order valence-corrected chi connectivity index (χ2v) is 17.2. The van der Waals surface area contributed by atoms with Gasteiger partial charge in [-0.2, -0.15) is 0 Å². The number of aromatic nitrogens is 2. The highest BCUT2D eigenvalue weighted by Crippen LogP contribution is 2.37. The van der Waals surface area contributed by atoms with Crippen molar-refractivity contribution in [3.8, 4) is 11.5 Å². The predicted octanol–water partition coefficient (Wildman–Crippen LogP) is 7.14. The Morgan fingerprint density at radius 1 is 0.932 bits per heavy atom. The molecule has 2 aromatic heterocycles. The molecule has 302 valence electrons. The summed E-state index contributed by atoms with van der Waals surface area (Å²) in [5.41, 5.74) is 11.9. The van der Waals surface area contributed by atoms with E-state index in [1.54, 1.807) is 24.4 Å². The maximum absolute atomic E-state index is 13.9. The molecule has 9 rings (SSSR count). The lowest BCUT2D eigenvalue weighted by Gasteiger charge is -2.41. The molecule has 2 unspecified atom stereocenters. The van der Waals surface area contributed by atoms with E-state index in [1.807, 2.05) is 24.3 Å². The highest BCUT2D eigenvalue weighted by molar-refractivity contribution is 7.83. The van der Waals surface area contributed by atoms with E-state index in [0.29, 0.717) is 51.0 Å². The van der Waals surface area contributed by atoms with E-state index in [-0.39, 0.29) is 5.56 Å². The number of rotatable bonds is 12. The molecule has 2 fully saturated rings. The maximum Gasteiger partial charge on any atom is 0.266 e. The van der Waals surface area contributed by atoms with E-state index in [9.17, 15) is 9.00 Å². The van der Waals surface area contributed by atoms with E-state index in [0.717, 1.165) is 89.4 Å². The number of hydrogen-bond donors (Lipinski definition) is 4. The van der Waals surface area contributed by atoms with Crippen LogP contribution in [0, 0.1) is 24.1 Å². The van der Waals surface area contributed by atoms with Crippen molar-refractivity contribution >= 4 is 45.0 Å². The molecule has 1 amide bonds. The summed E-state index contributed by atoms with van der Waals surface area (Å²) in [4.78, 5) is 26.8. The first-order chi connectivity index (χ1) is 28.9. The van der Waals surface area contributed by atoms with Crippen LogP contribution in [-0.4, -0.2) is 64.4 Å². The Morgan fingerprint density at radius 2 is 1.73 bits per heavy atom. The number of anilines is 2. The number of quaternary nitrogens is 1. The molecule has 5 heterocycles. The van der Waals surface area contributed by atoms with Crippen LogP contribution in [0.2, 0.25) is 0 Å². The quantitative estimate of drug-likeness (QED) is 0.102. The zero-order chi connectivity index (χ0) is 40.1.